The van der Waals surface area contributed by atoms with Crippen molar-refractivity contribution in [1.29, 1.82) is 0 Å². The normalized spacial score (nSPS) is 10.7. The summed E-state index contributed by atoms with van der Waals surface area (Å²) in [5.74, 6) is 0.0932. The Kier molecular flexibility index (Phi) is 6.18. The molecule has 3 aromatic rings. The minimum absolute atomic E-state index is 0.0987. The SMILES string of the molecule is Cc1cc(C)nc(Nc2nc(CC(=O)Nc3nc(C)c(C(=O)N(C)C)s3)cs2)n1. The summed E-state index contributed by atoms with van der Waals surface area (Å²) in [5.41, 5.74) is 2.94. The van der Waals surface area contributed by atoms with Gasteiger partial charge in [0, 0.05) is 30.9 Å². The van der Waals surface area contributed by atoms with Crippen molar-refractivity contribution in [3.05, 3.63) is 39.1 Å². The van der Waals surface area contributed by atoms with Crippen LogP contribution in [0.25, 0.3) is 0 Å². The van der Waals surface area contributed by atoms with Crippen LogP contribution in [0, 0.1) is 20.8 Å². The highest BCUT2D eigenvalue weighted by Crippen LogP contribution is 2.24. The van der Waals surface area contributed by atoms with Gasteiger partial charge in [0.05, 0.1) is 17.8 Å². The number of amides is 2. The highest BCUT2D eigenvalue weighted by molar-refractivity contribution is 7.17. The van der Waals surface area contributed by atoms with Crippen LogP contribution < -0.4 is 10.6 Å². The summed E-state index contributed by atoms with van der Waals surface area (Å²) in [5, 5.41) is 8.62. The number of hydrogen-bond donors (Lipinski definition) is 2. The molecule has 2 amide bonds. The van der Waals surface area contributed by atoms with Crippen LogP contribution in [-0.4, -0.2) is 50.7 Å². The van der Waals surface area contributed by atoms with Crippen molar-refractivity contribution in [2.24, 2.45) is 0 Å². The predicted molar refractivity (Wildman–Crippen MR) is 114 cm³/mol. The molecule has 152 valence electrons. The Bertz CT molecular complexity index is 1040. The Morgan fingerprint density at radius 1 is 1.03 bits per heavy atom. The molecule has 0 aliphatic rings. The van der Waals surface area contributed by atoms with E-state index in [2.05, 4.69) is 30.6 Å². The van der Waals surface area contributed by atoms with Gasteiger partial charge in [-0.05, 0) is 26.8 Å². The van der Waals surface area contributed by atoms with Crippen LogP contribution >= 0.6 is 22.7 Å². The van der Waals surface area contributed by atoms with Gasteiger partial charge in [-0.1, -0.05) is 11.3 Å². The number of rotatable bonds is 6. The average Bonchev–Trinajstić information content (AvgIpc) is 3.19. The van der Waals surface area contributed by atoms with Gasteiger partial charge in [0.15, 0.2) is 10.3 Å². The van der Waals surface area contributed by atoms with E-state index < -0.39 is 0 Å². The largest absolute Gasteiger partial charge is 0.344 e. The molecule has 0 aromatic carbocycles. The number of carbonyl (C=O) groups excluding carboxylic acids is 2. The van der Waals surface area contributed by atoms with Gasteiger partial charge in [-0.2, -0.15) is 0 Å². The summed E-state index contributed by atoms with van der Waals surface area (Å²) in [6.45, 7) is 5.54. The number of aryl methyl sites for hydroxylation is 3. The first-order valence-corrected chi connectivity index (χ1v) is 10.4. The van der Waals surface area contributed by atoms with Crippen molar-refractivity contribution in [3.8, 4) is 0 Å². The van der Waals surface area contributed by atoms with E-state index in [1.807, 2.05) is 19.9 Å². The number of thiazole rings is 2. The molecule has 0 bridgehead atoms. The maximum absolute atomic E-state index is 12.3. The number of aromatic nitrogens is 4. The summed E-state index contributed by atoms with van der Waals surface area (Å²) in [7, 11) is 3.35. The maximum atomic E-state index is 12.3. The Morgan fingerprint density at radius 2 is 1.72 bits per heavy atom. The number of nitrogens with zero attached hydrogens (tertiary/aromatic N) is 5. The smallest absolute Gasteiger partial charge is 0.265 e. The molecule has 0 unspecified atom stereocenters. The number of hydrogen-bond acceptors (Lipinski definition) is 9. The van der Waals surface area contributed by atoms with Gasteiger partial charge < -0.3 is 15.5 Å². The highest BCUT2D eigenvalue weighted by Gasteiger charge is 2.18. The summed E-state index contributed by atoms with van der Waals surface area (Å²) >= 11 is 2.54. The molecule has 3 rings (SSSR count). The fraction of sp³-hybridized carbons (Fsp3) is 0.333. The number of carbonyl (C=O) groups is 2. The van der Waals surface area contributed by atoms with Crippen molar-refractivity contribution in [2.45, 2.75) is 27.2 Å². The third-order valence-corrected chi connectivity index (χ3v) is 5.61. The first kappa shape index (κ1) is 20.8. The molecule has 0 saturated carbocycles. The van der Waals surface area contributed by atoms with Crippen LogP contribution in [-0.2, 0) is 11.2 Å². The van der Waals surface area contributed by atoms with Crippen molar-refractivity contribution in [1.82, 2.24) is 24.8 Å². The van der Waals surface area contributed by atoms with Crippen LogP contribution in [0.4, 0.5) is 16.2 Å². The van der Waals surface area contributed by atoms with Gasteiger partial charge >= 0.3 is 0 Å². The number of anilines is 3. The molecular formula is C18H21N7O2S2. The fourth-order valence-corrected chi connectivity index (χ4v) is 4.21. The van der Waals surface area contributed by atoms with E-state index in [0.717, 1.165) is 22.7 Å². The van der Waals surface area contributed by atoms with Crippen molar-refractivity contribution >= 4 is 50.7 Å². The second-order valence-corrected chi connectivity index (χ2v) is 8.46. The standard InChI is InChI=1S/C18H21N7O2S2/c1-9-6-10(2)20-16(19-9)24-17-22-12(8-28-17)7-13(26)23-18-21-11(3)14(29-18)15(27)25(4)5/h6,8H,7H2,1-5H3,(H,21,23,26)(H,19,20,22,24). The minimum atomic E-state index is -0.248. The Balaban J connectivity index is 1.62. The van der Waals surface area contributed by atoms with Gasteiger partial charge in [0.2, 0.25) is 11.9 Å². The zero-order valence-corrected chi connectivity index (χ0v) is 18.4. The second kappa shape index (κ2) is 8.62. The van der Waals surface area contributed by atoms with E-state index in [1.165, 1.54) is 16.2 Å². The van der Waals surface area contributed by atoms with Crippen LogP contribution in [0.15, 0.2) is 11.4 Å². The molecule has 29 heavy (non-hydrogen) atoms. The highest BCUT2D eigenvalue weighted by atomic mass is 32.1. The molecule has 3 aromatic heterocycles. The van der Waals surface area contributed by atoms with Crippen LogP contribution in [0.2, 0.25) is 0 Å². The molecule has 0 saturated heterocycles. The summed E-state index contributed by atoms with van der Waals surface area (Å²) in [6.07, 6.45) is 0.0987. The van der Waals surface area contributed by atoms with Gasteiger partial charge in [-0.25, -0.2) is 19.9 Å². The molecule has 0 aliphatic carbocycles. The van der Waals surface area contributed by atoms with Gasteiger partial charge in [-0.3, -0.25) is 9.59 Å². The van der Waals surface area contributed by atoms with Gasteiger partial charge in [0.1, 0.15) is 4.88 Å². The van der Waals surface area contributed by atoms with E-state index in [1.54, 1.807) is 26.4 Å². The minimum Gasteiger partial charge on any atom is -0.344 e. The molecule has 0 fully saturated rings. The monoisotopic (exact) mass is 431 g/mol. The Morgan fingerprint density at radius 3 is 2.38 bits per heavy atom. The molecule has 2 N–H and O–H groups in total. The lowest BCUT2D eigenvalue weighted by molar-refractivity contribution is -0.115. The van der Waals surface area contributed by atoms with E-state index in [-0.39, 0.29) is 18.2 Å². The van der Waals surface area contributed by atoms with E-state index in [9.17, 15) is 9.59 Å². The molecule has 11 heteroatoms. The van der Waals surface area contributed by atoms with Gasteiger partial charge in [0.25, 0.3) is 5.91 Å². The van der Waals surface area contributed by atoms with E-state index >= 15 is 0 Å². The average molecular weight is 432 g/mol. The summed E-state index contributed by atoms with van der Waals surface area (Å²) < 4.78 is 0. The quantitative estimate of drug-likeness (QED) is 0.617. The molecule has 0 radical (unpaired) electrons. The first-order valence-electron chi connectivity index (χ1n) is 8.74. The van der Waals surface area contributed by atoms with E-state index in [4.69, 9.17) is 0 Å². The fourth-order valence-electron chi connectivity index (χ4n) is 2.50. The lowest BCUT2D eigenvalue weighted by Crippen LogP contribution is -2.21. The third-order valence-electron chi connectivity index (χ3n) is 3.74. The van der Waals surface area contributed by atoms with Crippen molar-refractivity contribution < 1.29 is 9.59 Å². The van der Waals surface area contributed by atoms with Crippen LogP contribution in [0.5, 0.6) is 0 Å². The lowest BCUT2D eigenvalue weighted by Gasteiger charge is -2.07. The number of nitrogens with one attached hydrogen (secondary N) is 2. The van der Waals surface area contributed by atoms with Crippen molar-refractivity contribution in [2.75, 3.05) is 24.7 Å². The zero-order chi connectivity index (χ0) is 21.1. The molecule has 3 heterocycles. The van der Waals surface area contributed by atoms with Gasteiger partial charge in [-0.15, -0.1) is 11.3 Å². The molecule has 0 atom stereocenters. The molecular weight excluding hydrogens is 410 g/mol. The predicted octanol–water partition coefficient (Wildman–Crippen LogP) is 2.94. The molecule has 9 nitrogen and oxygen atoms in total. The summed E-state index contributed by atoms with van der Waals surface area (Å²) in [4.78, 5) is 43.8. The summed E-state index contributed by atoms with van der Waals surface area (Å²) in [6, 6.07) is 1.89. The van der Waals surface area contributed by atoms with E-state index in [0.29, 0.717) is 32.5 Å². The van der Waals surface area contributed by atoms with Crippen LogP contribution in [0.1, 0.15) is 32.4 Å². The Labute approximate surface area is 176 Å². The van der Waals surface area contributed by atoms with Crippen molar-refractivity contribution in [3.63, 3.8) is 0 Å². The molecule has 0 aliphatic heterocycles. The topological polar surface area (TPSA) is 113 Å². The zero-order valence-electron chi connectivity index (χ0n) is 16.7. The third kappa shape index (κ3) is 5.33. The van der Waals surface area contributed by atoms with Crippen LogP contribution in [0.3, 0.4) is 0 Å². The lowest BCUT2D eigenvalue weighted by atomic mass is 10.3. The molecule has 0 spiro atoms. The Hall–Kier alpha value is -2.92. The first-order chi connectivity index (χ1) is 13.7. The second-order valence-electron chi connectivity index (χ2n) is 6.60. The maximum Gasteiger partial charge on any atom is 0.265 e.